The first kappa shape index (κ1) is 13.7. The zero-order chi connectivity index (χ0) is 15.0. The lowest BCUT2D eigenvalue weighted by molar-refractivity contribution is 0.0670. The molecule has 0 saturated heterocycles. The summed E-state index contributed by atoms with van der Waals surface area (Å²) in [6.07, 6.45) is 3.49. The van der Waals surface area contributed by atoms with Gasteiger partial charge in [-0.25, -0.2) is 4.98 Å². The predicted molar refractivity (Wildman–Crippen MR) is 74.7 cm³/mol. The summed E-state index contributed by atoms with van der Waals surface area (Å²) in [6, 6.07) is 5.55. The molecule has 1 aliphatic heterocycles. The molecule has 21 heavy (non-hydrogen) atoms. The van der Waals surface area contributed by atoms with E-state index in [0.717, 1.165) is 28.8 Å². The fourth-order valence-electron chi connectivity index (χ4n) is 2.67. The number of carbonyl (C=O) groups excluding carboxylic acids is 1. The van der Waals surface area contributed by atoms with Crippen LogP contribution < -0.4 is 4.90 Å². The molecule has 0 spiro atoms. The Hall–Kier alpha value is -2.24. The van der Waals surface area contributed by atoms with Crippen LogP contribution in [0.4, 0.5) is 14.5 Å². The van der Waals surface area contributed by atoms with Gasteiger partial charge in [0.25, 0.3) is 0 Å². The molecule has 2 heterocycles. The molecule has 0 atom stereocenters. The number of rotatable bonds is 4. The number of Topliss-reactive ketones (excluding diaryl/α,β-unsaturated/α-hetero) is 1. The van der Waals surface area contributed by atoms with E-state index in [9.17, 15) is 13.6 Å². The fraction of sp³-hybridized carbons (Fsp3) is 0.333. The number of nitrogens with zero attached hydrogens (tertiary/aromatic N) is 3. The van der Waals surface area contributed by atoms with Crippen molar-refractivity contribution in [3.8, 4) is 0 Å². The summed E-state index contributed by atoms with van der Waals surface area (Å²) in [5.74, 6) is 0.373. The highest BCUT2D eigenvalue weighted by Gasteiger charge is 2.22. The van der Waals surface area contributed by atoms with Crippen molar-refractivity contribution < 1.29 is 13.6 Å². The second-order valence-electron chi connectivity index (χ2n) is 5.10. The Morgan fingerprint density at radius 1 is 1.43 bits per heavy atom. The van der Waals surface area contributed by atoms with E-state index in [2.05, 4.69) is 4.98 Å². The van der Waals surface area contributed by atoms with E-state index in [1.807, 2.05) is 17.0 Å². The Labute approximate surface area is 121 Å². The van der Waals surface area contributed by atoms with Crippen LogP contribution in [0.2, 0.25) is 0 Å². The largest absolute Gasteiger partial charge is 0.363 e. The highest BCUT2D eigenvalue weighted by Crippen LogP contribution is 2.30. The lowest BCUT2D eigenvalue weighted by Crippen LogP contribution is -2.22. The number of fused-ring (bicyclic) bond motifs is 1. The molecule has 4 nitrogen and oxygen atoms in total. The first-order chi connectivity index (χ1) is 10.1. The van der Waals surface area contributed by atoms with Gasteiger partial charge in [0.1, 0.15) is 5.82 Å². The normalized spacial score (nSPS) is 13.8. The molecule has 2 aromatic rings. The standard InChI is InChI=1S/C15H15F2N3O/c1-10(21)11-2-3-13-12(8-11)4-6-19(13)9-14-18-5-7-20(14)15(16)17/h2-3,5,7-8,15H,4,6,9H2,1H3. The van der Waals surface area contributed by atoms with E-state index in [-0.39, 0.29) is 5.78 Å². The van der Waals surface area contributed by atoms with Gasteiger partial charge in [0.05, 0.1) is 6.54 Å². The number of hydrogen-bond donors (Lipinski definition) is 0. The van der Waals surface area contributed by atoms with E-state index >= 15 is 0 Å². The number of imidazole rings is 1. The van der Waals surface area contributed by atoms with Crippen molar-refractivity contribution in [1.29, 1.82) is 0 Å². The molecule has 1 aliphatic rings. The number of carbonyl (C=O) groups is 1. The third kappa shape index (κ3) is 2.53. The van der Waals surface area contributed by atoms with Crippen LogP contribution in [0.15, 0.2) is 30.6 Å². The SMILES string of the molecule is CC(=O)c1ccc2c(c1)CCN2Cc1nccn1C(F)F. The topological polar surface area (TPSA) is 38.1 Å². The van der Waals surface area contributed by atoms with Gasteiger partial charge >= 0.3 is 6.55 Å². The number of ketones is 1. The monoisotopic (exact) mass is 291 g/mol. The first-order valence-electron chi connectivity index (χ1n) is 6.75. The molecule has 1 aromatic carbocycles. The van der Waals surface area contributed by atoms with E-state index in [1.54, 1.807) is 6.07 Å². The molecule has 1 aromatic heterocycles. The maximum atomic E-state index is 12.8. The van der Waals surface area contributed by atoms with Gasteiger partial charge in [0.15, 0.2) is 5.78 Å². The van der Waals surface area contributed by atoms with Gasteiger partial charge in [-0.3, -0.25) is 9.36 Å². The zero-order valence-electron chi connectivity index (χ0n) is 11.6. The number of aromatic nitrogens is 2. The van der Waals surface area contributed by atoms with Gasteiger partial charge in [-0.1, -0.05) is 0 Å². The summed E-state index contributed by atoms with van der Waals surface area (Å²) >= 11 is 0. The van der Waals surface area contributed by atoms with Crippen molar-refractivity contribution in [2.24, 2.45) is 0 Å². The van der Waals surface area contributed by atoms with Crippen molar-refractivity contribution in [3.63, 3.8) is 0 Å². The number of hydrogen-bond acceptors (Lipinski definition) is 3. The molecule has 0 radical (unpaired) electrons. The van der Waals surface area contributed by atoms with Crippen molar-refractivity contribution in [2.45, 2.75) is 26.4 Å². The Morgan fingerprint density at radius 2 is 2.24 bits per heavy atom. The summed E-state index contributed by atoms with van der Waals surface area (Å²) in [5, 5.41) is 0. The number of benzene rings is 1. The summed E-state index contributed by atoms with van der Waals surface area (Å²) in [7, 11) is 0. The molecular weight excluding hydrogens is 276 g/mol. The Kier molecular flexibility index (Phi) is 3.45. The van der Waals surface area contributed by atoms with Crippen LogP contribution in [-0.4, -0.2) is 21.9 Å². The molecule has 0 N–H and O–H groups in total. The van der Waals surface area contributed by atoms with Crippen LogP contribution in [0, 0.1) is 0 Å². The first-order valence-corrected chi connectivity index (χ1v) is 6.75. The molecular formula is C15H15F2N3O. The van der Waals surface area contributed by atoms with Gasteiger partial charge < -0.3 is 4.90 Å². The number of alkyl halides is 2. The highest BCUT2D eigenvalue weighted by atomic mass is 19.3. The molecule has 0 unspecified atom stereocenters. The maximum absolute atomic E-state index is 12.8. The van der Waals surface area contributed by atoms with Crippen molar-refractivity contribution in [3.05, 3.63) is 47.5 Å². The molecule has 0 bridgehead atoms. The van der Waals surface area contributed by atoms with E-state index < -0.39 is 6.55 Å². The second kappa shape index (κ2) is 5.27. The minimum absolute atomic E-state index is 0.0319. The zero-order valence-corrected chi connectivity index (χ0v) is 11.6. The summed E-state index contributed by atoms with van der Waals surface area (Å²) in [5.41, 5.74) is 2.76. The van der Waals surface area contributed by atoms with Crippen molar-refractivity contribution in [2.75, 3.05) is 11.4 Å². The highest BCUT2D eigenvalue weighted by molar-refractivity contribution is 5.94. The summed E-state index contributed by atoms with van der Waals surface area (Å²) in [6.45, 7) is 0.0365. The van der Waals surface area contributed by atoms with Gasteiger partial charge in [-0.15, -0.1) is 0 Å². The minimum Gasteiger partial charge on any atom is -0.363 e. The van der Waals surface area contributed by atoms with Crippen LogP contribution in [0.3, 0.4) is 0 Å². The Bertz CT molecular complexity index is 681. The molecule has 0 fully saturated rings. The van der Waals surface area contributed by atoms with Crippen LogP contribution >= 0.6 is 0 Å². The molecule has 0 amide bonds. The lowest BCUT2D eigenvalue weighted by Gasteiger charge is -2.19. The average Bonchev–Trinajstić information content (AvgIpc) is 3.06. The maximum Gasteiger partial charge on any atom is 0.319 e. The van der Waals surface area contributed by atoms with Gasteiger partial charge in [-0.2, -0.15) is 8.78 Å². The fourth-order valence-corrected chi connectivity index (χ4v) is 2.67. The molecule has 0 aliphatic carbocycles. The summed E-state index contributed by atoms with van der Waals surface area (Å²) in [4.78, 5) is 17.4. The van der Waals surface area contributed by atoms with Crippen molar-refractivity contribution in [1.82, 2.24) is 9.55 Å². The average molecular weight is 291 g/mol. The van der Waals surface area contributed by atoms with E-state index in [1.165, 1.54) is 19.3 Å². The quantitative estimate of drug-likeness (QED) is 0.813. The second-order valence-corrected chi connectivity index (χ2v) is 5.10. The molecule has 110 valence electrons. The van der Waals surface area contributed by atoms with Gasteiger partial charge in [0.2, 0.25) is 0 Å². The Morgan fingerprint density at radius 3 is 2.95 bits per heavy atom. The number of anilines is 1. The van der Waals surface area contributed by atoms with Crippen LogP contribution in [-0.2, 0) is 13.0 Å². The number of halogens is 2. The van der Waals surface area contributed by atoms with Crippen LogP contribution in [0.5, 0.6) is 0 Å². The lowest BCUT2D eigenvalue weighted by atomic mass is 10.1. The third-order valence-corrected chi connectivity index (χ3v) is 3.77. The van der Waals surface area contributed by atoms with E-state index in [4.69, 9.17) is 0 Å². The minimum atomic E-state index is -2.58. The summed E-state index contributed by atoms with van der Waals surface area (Å²) < 4.78 is 26.6. The predicted octanol–water partition coefficient (Wildman–Crippen LogP) is 3.04. The smallest absolute Gasteiger partial charge is 0.319 e. The van der Waals surface area contributed by atoms with Gasteiger partial charge in [-0.05, 0) is 37.1 Å². The van der Waals surface area contributed by atoms with Crippen LogP contribution in [0.25, 0.3) is 0 Å². The molecule has 0 saturated carbocycles. The Balaban J connectivity index is 1.84. The van der Waals surface area contributed by atoms with E-state index in [0.29, 0.717) is 17.9 Å². The van der Waals surface area contributed by atoms with Crippen LogP contribution in [0.1, 0.15) is 35.2 Å². The third-order valence-electron chi connectivity index (χ3n) is 3.77. The van der Waals surface area contributed by atoms with Crippen molar-refractivity contribution >= 4 is 11.5 Å². The molecule has 6 heteroatoms. The molecule has 3 rings (SSSR count). The van der Waals surface area contributed by atoms with Gasteiger partial charge in [0, 0.05) is 30.2 Å².